The number of hydrogen-bond donors (Lipinski definition) is 1. The zero-order chi connectivity index (χ0) is 25.1. The molecule has 1 amide bonds. The summed E-state index contributed by atoms with van der Waals surface area (Å²) in [5.41, 5.74) is 0.962. The smallest absolute Gasteiger partial charge is 0 e. The molecule has 11 heteroatoms. The fourth-order valence-corrected chi connectivity index (χ4v) is 1.38. The molecule has 9 nitrogen and oxygen atoms in total. The molecule has 174 valence electrons. The number of alkyl carbamates (subject to hydrolysis) is 1. The predicted octanol–water partition coefficient (Wildman–Crippen LogP) is 3.22. The summed E-state index contributed by atoms with van der Waals surface area (Å²) in [5, 5.41) is 2.41. The molecule has 1 aromatic carbocycles. The minimum atomic E-state index is -0.498. The van der Waals surface area contributed by atoms with Crippen LogP contribution in [0.1, 0.15) is 38.2 Å². The van der Waals surface area contributed by atoms with E-state index in [0.29, 0.717) is 0 Å². The number of carbonyl (C=O) groups is 1. The third kappa shape index (κ3) is 56.4. The van der Waals surface area contributed by atoms with Gasteiger partial charge in [0.25, 0.3) is 0 Å². The van der Waals surface area contributed by atoms with Gasteiger partial charge in [0.05, 0.1) is 0 Å². The van der Waals surface area contributed by atoms with Crippen molar-refractivity contribution in [1.82, 2.24) is 5.32 Å². The van der Waals surface area contributed by atoms with Crippen LogP contribution in [0.25, 0.3) is 0 Å². The van der Waals surface area contributed by atoms with Gasteiger partial charge in [0.15, 0.2) is 0 Å². The first-order valence-corrected chi connectivity index (χ1v) is 7.50. The van der Waals surface area contributed by atoms with E-state index in [2.05, 4.69) is 64.1 Å². The molecule has 0 unspecified atom stereocenters. The predicted molar refractivity (Wildman–Crippen MR) is 95.3 cm³/mol. The van der Waals surface area contributed by atoms with Gasteiger partial charge >= 0.3 is 73.9 Å². The Balaban J connectivity index is -0.0000000594. The zero-order valence-electron chi connectivity index (χ0n) is 16.9. The topological polar surface area (TPSA) is 158 Å². The summed E-state index contributed by atoms with van der Waals surface area (Å²) in [4.78, 5) is 11.3. The first-order valence-electron chi connectivity index (χ1n) is 7.50. The molecule has 0 fully saturated rings. The number of benzene rings is 1. The molecule has 0 saturated carbocycles. The number of carbonyl (C=O) groups excluding carboxylic acids is 1. The maximum Gasteiger partial charge on any atom is 0 e. The maximum atomic E-state index is 11.3. The second kappa shape index (κ2) is 70.4. The first kappa shape index (κ1) is 51.8. The summed E-state index contributed by atoms with van der Waals surface area (Å²) in [6.07, 6.45) is 3.74. The Hall–Kier alpha value is -2.50. The van der Waals surface area contributed by atoms with Crippen LogP contribution in [0.15, 0.2) is 30.3 Å². The quantitative estimate of drug-likeness (QED) is 0.204. The minimum Gasteiger partial charge on any atom is 0 e. The molecular weight excluding hydrogens is 512 g/mol. The van der Waals surface area contributed by atoms with Crippen LogP contribution in [0, 0.1) is 51.9 Å². The van der Waals surface area contributed by atoms with Crippen molar-refractivity contribution in [3.05, 3.63) is 75.8 Å². The summed E-state index contributed by atoms with van der Waals surface area (Å²) in [6, 6.07) is 12.2. The molecule has 1 rings (SSSR count). The first-order chi connectivity index (χ1) is 14.8. The molecule has 2 radical (unpaired) electrons. The Morgan fingerprint density at radius 2 is 1.28 bits per heavy atom. The summed E-state index contributed by atoms with van der Waals surface area (Å²) < 4.78 is 50.0. The Morgan fingerprint density at radius 1 is 0.844 bits per heavy atom. The van der Waals surface area contributed by atoms with Gasteiger partial charge in [-0.3, -0.25) is 0 Å². The normalized spacial score (nSPS) is 5.53. The van der Waals surface area contributed by atoms with Crippen LogP contribution in [0.5, 0.6) is 0 Å². The van der Waals surface area contributed by atoms with E-state index in [1.165, 1.54) is 12.8 Å². The van der Waals surface area contributed by atoms with Crippen molar-refractivity contribution in [2.75, 3.05) is 0 Å². The molecule has 0 aliphatic heterocycles. The van der Waals surface area contributed by atoms with Crippen molar-refractivity contribution in [2.24, 2.45) is 0 Å². The van der Waals surface area contributed by atoms with E-state index in [4.69, 9.17) is 32.6 Å². The molecule has 1 aromatic rings. The van der Waals surface area contributed by atoms with Crippen molar-refractivity contribution >= 4 is 6.09 Å². The molecule has 0 spiro atoms. The molecule has 0 saturated heterocycles. The van der Waals surface area contributed by atoms with Crippen molar-refractivity contribution in [3.8, 4) is 12.0 Å². The molecule has 32 heavy (non-hydrogen) atoms. The van der Waals surface area contributed by atoms with E-state index in [1.807, 2.05) is 30.3 Å². The molecule has 1 N–H and O–H groups in total. The zero-order valence-corrected chi connectivity index (χ0v) is 18.9. The molecule has 0 bridgehead atoms. The number of amides is 1. The summed E-state index contributed by atoms with van der Waals surface area (Å²) >= 11 is 0. The third-order valence-electron chi connectivity index (χ3n) is 2.37. The third-order valence-corrected chi connectivity index (χ3v) is 2.37. The molecular formula is C21H19Co2NO8. The Labute approximate surface area is 209 Å². The SMILES string of the molecule is CCCCCC#CNC(=O)OCc1ccccc1.[C-]#[O+].[C-]#[O+].[C-]#[O+].[C-]#[O+].[C-]#[O+].[C-]#[O+].[Co].[Co]. The van der Waals surface area contributed by atoms with Gasteiger partial charge in [0.2, 0.25) is 0 Å². The second-order valence-corrected chi connectivity index (χ2v) is 3.95. The van der Waals surface area contributed by atoms with E-state index in [-0.39, 0.29) is 40.2 Å². The van der Waals surface area contributed by atoms with E-state index >= 15 is 0 Å². The number of ether oxygens (including phenoxy) is 1. The Bertz CT molecular complexity index is 610. The monoisotopic (exact) mass is 531 g/mol. The van der Waals surface area contributed by atoms with Gasteiger partial charge in [0, 0.05) is 46.0 Å². The van der Waals surface area contributed by atoms with Crippen LogP contribution in [-0.4, -0.2) is 6.09 Å². The summed E-state index contributed by atoms with van der Waals surface area (Å²) in [7, 11) is 0. The van der Waals surface area contributed by atoms with E-state index in [9.17, 15) is 4.79 Å². The number of nitrogens with one attached hydrogen (secondary N) is 1. The van der Waals surface area contributed by atoms with Crippen molar-refractivity contribution < 1.29 is 71.0 Å². The average Bonchev–Trinajstić information content (AvgIpc) is 2.88. The Kier molecular flexibility index (Phi) is 114. The minimum absolute atomic E-state index is 0. The number of hydrogen-bond acceptors (Lipinski definition) is 2. The largest absolute Gasteiger partial charge is 0 e. The second-order valence-electron chi connectivity index (χ2n) is 3.95. The Morgan fingerprint density at radius 3 is 1.69 bits per heavy atom. The van der Waals surface area contributed by atoms with Crippen LogP contribution >= 0.6 is 0 Å². The van der Waals surface area contributed by atoms with Gasteiger partial charge in [-0.1, -0.05) is 56.0 Å². The number of rotatable bonds is 5. The van der Waals surface area contributed by atoms with E-state index in [0.717, 1.165) is 18.4 Å². The fourth-order valence-electron chi connectivity index (χ4n) is 1.38. The molecule has 0 heterocycles. The van der Waals surface area contributed by atoms with Crippen molar-refractivity contribution in [1.29, 1.82) is 0 Å². The van der Waals surface area contributed by atoms with Gasteiger partial charge in [0.1, 0.15) is 6.61 Å². The van der Waals surface area contributed by atoms with Crippen LogP contribution in [0.4, 0.5) is 4.79 Å². The summed E-state index contributed by atoms with van der Waals surface area (Å²) in [5.74, 6) is 2.89. The van der Waals surface area contributed by atoms with Gasteiger partial charge in [-0.2, -0.15) is 0 Å². The number of unbranched alkanes of at least 4 members (excludes halogenated alkanes) is 3. The van der Waals surface area contributed by atoms with Gasteiger partial charge in [-0.05, 0) is 12.0 Å². The van der Waals surface area contributed by atoms with Crippen LogP contribution in [-0.2, 0) is 72.8 Å². The van der Waals surface area contributed by atoms with Crippen LogP contribution in [0.2, 0.25) is 0 Å². The van der Waals surface area contributed by atoms with E-state index < -0.39 is 6.09 Å². The maximum absolute atomic E-state index is 11.3. The molecule has 0 aromatic heterocycles. The average molecular weight is 531 g/mol. The van der Waals surface area contributed by atoms with Crippen LogP contribution in [0.3, 0.4) is 0 Å². The van der Waals surface area contributed by atoms with E-state index in [1.54, 1.807) is 0 Å². The molecule has 0 aliphatic carbocycles. The van der Waals surface area contributed by atoms with Gasteiger partial charge in [-0.15, -0.1) is 0 Å². The fraction of sp³-hybridized carbons (Fsp3) is 0.286. The van der Waals surface area contributed by atoms with Crippen molar-refractivity contribution in [3.63, 3.8) is 0 Å². The van der Waals surface area contributed by atoms with Gasteiger partial charge < -0.3 is 4.74 Å². The molecule has 0 aliphatic rings. The van der Waals surface area contributed by atoms with Crippen molar-refractivity contribution in [2.45, 2.75) is 39.2 Å². The summed E-state index contributed by atoms with van der Waals surface area (Å²) in [6.45, 7) is 29.4. The standard InChI is InChI=1S/C15H19NO2.6CO.2Co/c1-2-3-4-5-9-12-16-15(17)18-13-14-10-7-6-8-11-14;6*1-2;;/h6-8,10-11H,2-5,13H2,1H3,(H,16,17);;;;;;;;. The van der Waals surface area contributed by atoms with Gasteiger partial charge in [-0.25, -0.2) is 10.1 Å². The molecule has 0 atom stereocenters. The van der Waals surface area contributed by atoms with Crippen LogP contribution < -0.4 is 5.32 Å².